The number of aliphatic hydroxyl groups excluding tert-OH is 1. The second-order valence-corrected chi connectivity index (χ2v) is 5.13. The van der Waals surface area contributed by atoms with Crippen LogP contribution >= 0.6 is 0 Å². The number of amides is 1. The zero-order chi connectivity index (χ0) is 12.1. The molecular weight excluding hydrogens is 194 g/mol. The molecule has 0 aliphatic heterocycles. The maximum absolute atomic E-state index is 10.9. The zero-order valence-electron chi connectivity index (χ0n) is 10.4. The lowest BCUT2D eigenvalue weighted by Crippen LogP contribution is -2.42. The summed E-state index contributed by atoms with van der Waals surface area (Å²) >= 11 is 0. The summed E-state index contributed by atoms with van der Waals surface area (Å²) in [5.74, 6) is 0.410. The highest BCUT2D eigenvalue weighted by Crippen LogP contribution is 2.16. The largest absolute Gasteiger partial charge is 0.394 e. The van der Waals surface area contributed by atoms with Crippen molar-refractivity contribution in [3.63, 3.8) is 0 Å². The van der Waals surface area contributed by atoms with Gasteiger partial charge in [0.25, 0.3) is 0 Å². The molecule has 1 N–H and O–H groups in total. The minimum atomic E-state index is -0.425. The molecule has 0 aliphatic rings. The highest BCUT2D eigenvalue weighted by atomic mass is 16.7. The van der Waals surface area contributed by atoms with Crippen LogP contribution in [-0.2, 0) is 9.63 Å². The Hall–Kier alpha value is -0.610. The topological polar surface area (TPSA) is 49.8 Å². The Bertz CT molecular complexity index is 187. The van der Waals surface area contributed by atoms with E-state index in [4.69, 9.17) is 4.84 Å². The summed E-state index contributed by atoms with van der Waals surface area (Å²) < 4.78 is 0. The monoisotopic (exact) mass is 217 g/mol. The Morgan fingerprint density at radius 3 is 2.20 bits per heavy atom. The average molecular weight is 217 g/mol. The van der Waals surface area contributed by atoms with E-state index in [2.05, 4.69) is 0 Å². The van der Waals surface area contributed by atoms with Gasteiger partial charge in [0.2, 0.25) is 6.41 Å². The molecular formula is C11H23NO3. The van der Waals surface area contributed by atoms with E-state index in [-0.39, 0.29) is 12.6 Å². The maximum Gasteiger partial charge on any atom is 0.233 e. The van der Waals surface area contributed by atoms with E-state index in [0.717, 1.165) is 6.42 Å². The van der Waals surface area contributed by atoms with Crippen molar-refractivity contribution in [2.45, 2.75) is 52.7 Å². The molecule has 4 heteroatoms. The van der Waals surface area contributed by atoms with Crippen LogP contribution in [0, 0.1) is 5.92 Å². The number of rotatable bonds is 6. The average Bonchev–Trinajstić information content (AvgIpc) is 2.08. The van der Waals surface area contributed by atoms with E-state index in [1.807, 2.05) is 34.6 Å². The molecule has 90 valence electrons. The molecule has 0 saturated carbocycles. The maximum atomic E-state index is 10.9. The highest BCUT2D eigenvalue weighted by molar-refractivity contribution is 5.45. The normalized spacial score (nSPS) is 14.1. The molecule has 0 spiro atoms. The van der Waals surface area contributed by atoms with Gasteiger partial charge in [0.15, 0.2) is 0 Å². The van der Waals surface area contributed by atoms with Crippen LogP contribution in [0.25, 0.3) is 0 Å². The quantitative estimate of drug-likeness (QED) is 0.543. The lowest BCUT2D eigenvalue weighted by Gasteiger charge is -2.32. The van der Waals surface area contributed by atoms with E-state index < -0.39 is 5.60 Å². The molecule has 4 nitrogen and oxygen atoms in total. The van der Waals surface area contributed by atoms with Gasteiger partial charge in [-0.25, -0.2) is 5.06 Å². The lowest BCUT2D eigenvalue weighted by molar-refractivity contribution is -0.237. The van der Waals surface area contributed by atoms with Crippen LogP contribution in [0.15, 0.2) is 0 Å². The van der Waals surface area contributed by atoms with Gasteiger partial charge < -0.3 is 5.11 Å². The first-order valence-electron chi connectivity index (χ1n) is 5.33. The summed E-state index contributed by atoms with van der Waals surface area (Å²) in [7, 11) is 0. The van der Waals surface area contributed by atoms with E-state index in [0.29, 0.717) is 12.3 Å². The van der Waals surface area contributed by atoms with Gasteiger partial charge in [0, 0.05) is 0 Å². The number of hydroxylamine groups is 2. The summed E-state index contributed by atoms with van der Waals surface area (Å²) in [6, 6.07) is -0.262. The SMILES string of the molecule is CC(C)C[C@@H](CO)N(C=O)OC(C)(C)C. The van der Waals surface area contributed by atoms with Gasteiger partial charge in [-0.05, 0) is 33.1 Å². The number of carbonyl (C=O) groups is 1. The smallest absolute Gasteiger partial charge is 0.233 e. The van der Waals surface area contributed by atoms with Crippen molar-refractivity contribution in [3.05, 3.63) is 0 Å². The minimum absolute atomic E-state index is 0.0764. The third kappa shape index (κ3) is 6.47. The van der Waals surface area contributed by atoms with Crippen molar-refractivity contribution in [2.24, 2.45) is 5.92 Å². The molecule has 1 atom stereocenters. The fourth-order valence-corrected chi connectivity index (χ4v) is 1.30. The first-order valence-corrected chi connectivity index (χ1v) is 5.33. The number of nitrogens with zero attached hydrogens (tertiary/aromatic N) is 1. The Morgan fingerprint density at radius 1 is 1.40 bits per heavy atom. The summed E-state index contributed by atoms with van der Waals surface area (Å²) in [6.07, 6.45) is 1.36. The molecule has 0 unspecified atom stereocenters. The van der Waals surface area contributed by atoms with Crippen molar-refractivity contribution in [3.8, 4) is 0 Å². The molecule has 1 amide bonds. The molecule has 0 fully saturated rings. The van der Waals surface area contributed by atoms with Gasteiger partial charge in [0.1, 0.15) is 0 Å². The van der Waals surface area contributed by atoms with E-state index in [1.165, 1.54) is 5.06 Å². The second kappa shape index (κ2) is 6.08. The number of carbonyl (C=O) groups excluding carboxylic acids is 1. The fraction of sp³-hybridized carbons (Fsp3) is 0.909. The first kappa shape index (κ1) is 14.4. The van der Waals surface area contributed by atoms with Gasteiger partial charge in [0.05, 0.1) is 18.2 Å². The molecule has 0 aliphatic carbocycles. The molecule has 0 radical (unpaired) electrons. The molecule has 0 bridgehead atoms. The van der Waals surface area contributed by atoms with Gasteiger partial charge in [-0.3, -0.25) is 9.63 Å². The van der Waals surface area contributed by atoms with Crippen molar-refractivity contribution in [1.29, 1.82) is 0 Å². The third-order valence-corrected chi connectivity index (χ3v) is 1.80. The van der Waals surface area contributed by atoms with E-state index in [9.17, 15) is 9.90 Å². The third-order valence-electron chi connectivity index (χ3n) is 1.80. The van der Waals surface area contributed by atoms with Crippen molar-refractivity contribution in [1.82, 2.24) is 5.06 Å². The minimum Gasteiger partial charge on any atom is -0.394 e. The summed E-state index contributed by atoms with van der Waals surface area (Å²) in [4.78, 5) is 16.3. The standard InChI is InChI=1S/C11H23NO3/c1-9(2)6-10(7-13)12(8-14)15-11(3,4)5/h8-10,13H,6-7H2,1-5H3/t10-/m0/s1. The molecule has 0 rings (SSSR count). The molecule has 0 heterocycles. The predicted molar refractivity (Wildman–Crippen MR) is 59.1 cm³/mol. The summed E-state index contributed by atoms with van der Waals surface area (Å²) in [5.41, 5.74) is -0.425. The van der Waals surface area contributed by atoms with Crippen molar-refractivity contribution < 1.29 is 14.7 Å². The second-order valence-electron chi connectivity index (χ2n) is 5.13. The number of hydrogen-bond donors (Lipinski definition) is 1. The molecule has 0 aromatic carbocycles. The first-order chi connectivity index (χ1) is 6.80. The molecule has 0 aromatic heterocycles. The summed E-state index contributed by atoms with van der Waals surface area (Å²) in [6.45, 7) is 9.62. The fourth-order valence-electron chi connectivity index (χ4n) is 1.30. The van der Waals surface area contributed by atoms with Gasteiger partial charge >= 0.3 is 0 Å². The lowest BCUT2D eigenvalue weighted by atomic mass is 10.0. The zero-order valence-corrected chi connectivity index (χ0v) is 10.4. The van der Waals surface area contributed by atoms with Gasteiger partial charge in [-0.1, -0.05) is 13.8 Å². The van der Waals surface area contributed by atoms with E-state index in [1.54, 1.807) is 0 Å². The van der Waals surface area contributed by atoms with Crippen LogP contribution in [0.3, 0.4) is 0 Å². The van der Waals surface area contributed by atoms with Gasteiger partial charge in [-0.2, -0.15) is 0 Å². The van der Waals surface area contributed by atoms with E-state index >= 15 is 0 Å². The van der Waals surface area contributed by atoms with Crippen LogP contribution in [0.1, 0.15) is 41.0 Å². The van der Waals surface area contributed by atoms with Crippen molar-refractivity contribution in [2.75, 3.05) is 6.61 Å². The van der Waals surface area contributed by atoms with Crippen LogP contribution in [0.2, 0.25) is 0 Å². The predicted octanol–water partition coefficient (Wildman–Crippen LogP) is 1.58. The Balaban J connectivity index is 4.40. The van der Waals surface area contributed by atoms with Crippen LogP contribution in [0.5, 0.6) is 0 Å². The number of hydrogen-bond acceptors (Lipinski definition) is 3. The molecule has 0 saturated heterocycles. The summed E-state index contributed by atoms with van der Waals surface area (Å²) in [5, 5.41) is 10.4. The van der Waals surface area contributed by atoms with Crippen LogP contribution in [0.4, 0.5) is 0 Å². The highest BCUT2D eigenvalue weighted by Gasteiger charge is 2.23. The Labute approximate surface area is 92.2 Å². The van der Waals surface area contributed by atoms with Crippen LogP contribution < -0.4 is 0 Å². The molecule has 15 heavy (non-hydrogen) atoms. The Morgan fingerprint density at radius 2 is 1.93 bits per heavy atom. The number of aliphatic hydroxyl groups is 1. The van der Waals surface area contributed by atoms with Crippen molar-refractivity contribution >= 4 is 6.41 Å². The molecule has 0 aromatic rings. The Kier molecular flexibility index (Phi) is 5.83. The van der Waals surface area contributed by atoms with Gasteiger partial charge in [-0.15, -0.1) is 0 Å². The van der Waals surface area contributed by atoms with Crippen LogP contribution in [-0.4, -0.2) is 34.8 Å².